The Balaban J connectivity index is 1.70. The van der Waals surface area contributed by atoms with E-state index in [2.05, 4.69) is 16.3 Å². The number of carbonyl (C=O) groups is 2. The highest BCUT2D eigenvalue weighted by atomic mass is 16.7. The number of carbonyl (C=O) groups excluding carboxylic acids is 2. The molecule has 1 aromatic carbocycles. The molecule has 0 spiro atoms. The molecular formula is C14H19N3O3. The Kier molecular flexibility index (Phi) is 4.36. The first-order chi connectivity index (χ1) is 9.48. The average molecular weight is 277 g/mol. The second kappa shape index (κ2) is 6.02. The lowest BCUT2D eigenvalue weighted by Crippen LogP contribution is -2.39. The Morgan fingerprint density at radius 3 is 2.70 bits per heavy atom. The zero-order chi connectivity index (χ0) is 14.6. The highest BCUT2D eigenvalue weighted by molar-refractivity contribution is 5.89. The minimum Gasteiger partial charge on any atom is -0.351 e. The molecule has 1 amide bonds. The van der Waals surface area contributed by atoms with E-state index in [1.54, 1.807) is 24.3 Å². The van der Waals surface area contributed by atoms with Gasteiger partial charge in [0.25, 0.3) is 0 Å². The molecule has 1 fully saturated rings. The second-order valence-corrected chi connectivity index (χ2v) is 5.51. The molecule has 0 aliphatic carbocycles. The van der Waals surface area contributed by atoms with Gasteiger partial charge in [-0.1, -0.05) is 23.8 Å². The molecule has 1 saturated heterocycles. The average Bonchev–Trinajstić information content (AvgIpc) is 2.68. The molecule has 1 unspecified atom stereocenters. The number of amides is 1. The fourth-order valence-corrected chi connectivity index (χ4v) is 2.24. The van der Waals surface area contributed by atoms with Crippen LogP contribution in [0.25, 0.3) is 0 Å². The zero-order valence-electron chi connectivity index (χ0n) is 11.6. The number of hydrogen-bond donors (Lipinski definition) is 3. The monoisotopic (exact) mass is 277 g/mol. The Morgan fingerprint density at radius 2 is 2.10 bits per heavy atom. The van der Waals surface area contributed by atoms with Crippen LogP contribution in [0.5, 0.6) is 0 Å². The van der Waals surface area contributed by atoms with Crippen LogP contribution in [-0.2, 0) is 9.63 Å². The maximum Gasteiger partial charge on any atom is 0.357 e. The van der Waals surface area contributed by atoms with Gasteiger partial charge in [-0.25, -0.2) is 10.2 Å². The van der Waals surface area contributed by atoms with Gasteiger partial charge in [0.05, 0.1) is 11.5 Å². The summed E-state index contributed by atoms with van der Waals surface area (Å²) in [5.41, 5.74) is 5.40. The van der Waals surface area contributed by atoms with E-state index in [0.29, 0.717) is 12.1 Å². The third kappa shape index (κ3) is 3.79. The van der Waals surface area contributed by atoms with Crippen molar-refractivity contribution in [3.8, 4) is 0 Å². The van der Waals surface area contributed by atoms with Gasteiger partial charge in [-0.15, -0.1) is 0 Å². The first kappa shape index (κ1) is 14.5. The Hall–Kier alpha value is -1.92. The van der Waals surface area contributed by atoms with Crippen LogP contribution in [0.2, 0.25) is 0 Å². The van der Waals surface area contributed by atoms with E-state index in [9.17, 15) is 9.59 Å². The number of rotatable bonds is 5. The van der Waals surface area contributed by atoms with E-state index in [-0.39, 0.29) is 17.4 Å². The molecule has 1 heterocycles. The summed E-state index contributed by atoms with van der Waals surface area (Å²) in [5, 5.41) is 2.90. The molecule has 1 aliphatic heterocycles. The molecule has 3 N–H and O–H groups in total. The van der Waals surface area contributed by atoms with Crippen molar-refractivity contribution in [2.75, 3.05) is 6.54 Å². The van der Waals surface area contributed by atoms with E-state index in [1.807, 2.05) is 19.9 Å². The van der Waals surface area contributed by atoms with Crippen molar-refractivity contribution in [3.05, 3.63) is 35.9 Å². The van der Waals surface area contributed by atoms with Gasteiger partial charge in [0.15, 0.2) is 0 Å². The SMILES string of the molecule is CC1(C)CC(CNNOC(=O)c2ccccc2)C(=O)N1. The molecule has 6 heteroatoms. The summed E-state index contributed by atoms with van der Waals surface area (Å²) in [7, 11) is 0. The number of hydrogen-bond acceptors (Lipinski definition) is 5. The lowest BCUT2D eigenvalue weighted by atomic mass is 9.97. The number of benzene rings is 1. The van der Waals surface area contributed by atoms with E-state index in [1.165, 1.54) is 0 Å². The lowest BCUT2D eigenvalue weighted by Gasteiger charge is -2.16. The Bertz CT molecular complexity index is 488. The molecule has 108 valence electrons. The smallest absolute Gasteiger partial charge is 0.351 e. The first-order valence-electron chi connectivity index (χ1n) is 6.54. The van der Waals surface area contributed by atoms with E-state index in [4.69, 9.17) is 4.84 Å². The molecule has 1 aromatic rings. The molecule has 20 heavy (non-hydrogen) atoms. The standard InChI is InChI=1S/C14H19N3O3/c1-14(2)8-11(12(18)16-14)9-15-17-20-13(19)10-6-4-3-5-7-10/h3-7,11,15,17H,8-9H2,1-2H3,(H,16,18). The minimum atomic E-state index is -0.477. The third-order valence-corrected chi connectivity index (χ3v) is 3.16. The number of nitrogens with one attached hydrogen (secondary N) is 3. The van der Waals surface area contributed by atoms with Gasteiger partial charge in [0.2, 0.25) is 5.91 Å². The van der Waals surface area contributed by atoms with Crippen LogP contribution in [0.15, 0.2) is 30.3 Å². The fourth-order valence-electron chi connectivity index (χ4n) is 2.24. The summed E-state index contributed by atoms with van der Waals surface area (Å²) in [6.07, 6.45) is 0.743. The van der Waals surface area contributed by atoms with Crippen molar-refractivity contribution in [2.45, 2.75) is 25.8 Å². The molecule has 2 rings (SSSR count). The largest absolute Gasteiger partial charge is 0.357 e. The molecule has 0 radical (unpaired) electrons. The van der Waals surface area contributed by atoms with Gasteiger partial charge in [-0.05, 0) is 32.4 Å². The van der Waals surface area contributed by atoms with Crippen molar-refractivity contribution in [3.63, 3.8) is 0 Å². The maximum atomic E-state index is 11.7. The van der Waals surface area contributed by atoms with Crippen molar-refractivity contribution < 1.29 is 14.4 Å². The summed E-state index contributed by atoms with van der Waals surface area (Å²) in [5.74, 6) is -0.596. The molecule has 1 atom stereocenters. The lowest BCUT2D eigenvalue weighted by molar-refractivity contribution is -0.122. The van der Waals surface area contributed by atoms with Gasteiger partial charge in [-0.3, -0.25) is 4.79 Å². The maximum absolute atomic E-state index is 11.7. The summed E-state index contributed by atoms with van der Waals surface area (Å²) in [6, 6.07) is 8.67. The van der Waals surface area contributed by atoms with E-state index >= 15 is 0 Å². The predicted molar refractivity (Wildman–Crippen MR) is 73.3 cm³/mol. The van der Waals surface area contributed by atoms with Crippen molar-refractivity contribution in [2.24, 2.45) is 5.92 Å². The fraction of sp³-hybridized carbons (Fsp3) is 0.429. The second-order valence-electron chi connectivity index (χ2n) is 5.51. The van der Waals surface area contributed by atoms with Crippen LogP contribution in [0.4, 0.5) is 0 Å². The third-order valence-electron chi connectivity index (χ3n) is 3.16. The topological polar surface area (TPSA) is 79.5 Å². The van der Waals surface area contributed by atoms with Crippen molar-refractivity contribution in [1.82, 2.24) is 16.3 Å². The molecular weight excluding hydrogens is 258 g/mol. The quantitative estimate of drug-likeness (QED) is 0.547. The minimum absolute atomic E-state index is 0.0127. The summed E-state index contributed by atoms with van der Waals surface area (Å²) in [4.78, 5) is 28.1. The van der Waals surface area contributed by atoms with Crippen LogP contribution in [-0.4, -0.2) is 24.0 Å². The Labute approximate surface area is 117 Å². The predicted octanol–water partition coefficient (Wildman–Crippen LogP) is 0.767. The number of hydrazine groups is 1. The van der Waals surface area contributed by atoms with Crippen LogP contribution in [0, 0.1) is 5.92 Å². The van der Waals surface area contributed by atoms with Crippen LogP contribution in [0.1, 0.15) is 30.6 Å². The first-order valence-corrected chi connectivity index (χ1v) is 6.54. The molecule has 0 saturated carbocycles. The normalized spacial score (nSPS) is 20.5. The molecule has 1 aliphatic rings. The van der Waals surface area contributed by atoms with Gasteiger partial charge >= 0.3 is 5.97 Å². The zero-order valence-corrected chi connectivity index (χ0v) is 11.6. The van der Waals surface area contributed by atoms with Crippen LogP contribution >= 0.6 is 0 Å². The molecule has 6 nitrogen and oxygen atoms in total. The van der Waals surface area contributed by atoms with Gasteiger partial charge < -0.3 is 10.2 Å². The van der Waals surface area contributed by atoms with Crippen LogP contribution in [0.3, 0.4) is 0 Å². The van der Waals surface area contributed by atoms with E-state index < -0.39 is 5.97 Å². The highest BCUT2D eigenvalue weighted by Gasteiger charge is 2.36. The van der Waals surface area contributed by atoms with Crippen molar-refractivity contribution >= 4 is 11.9 Å². The summed E-state index contributed by atoms with van der Waals surface area (Å²) >= 11 is 0. The van der Waals surface area contributed by atoms with E-state index in [0.717, 1.165) is 6.42 Å². The summed E-state index contributed by atoms with van der Waals surface area (Å²) in [6.45, 7) is 4.36. The van der Waals surface area contributed by atoms with Gasteiger partial charge in [0.1, 0.15) is 0 Å². The van der Waals surface area contributed by atoms with Crippen molar-refractivity contribution in [1.29, 1.82) is 0 Å². The summed E-state index contributed by atoms with van der Waals surface area (Å²) < 4.78 is 0. The molecule has 0 bridgehead atoms. The van der Waals surface area contributed by atoms with Crippen LogP contribution < -0.4 is 16.3 Å². The Morgan fingerprint density at radius 1 is 1.40 bits per heavy atom. The molecule has 0 aromatic heterocycles. The van der Waals surface area contributed by atoms with Gasteiger partial charge in [0, 0.05) is 12.1 Å². The van der Waals surface area contributed by atoms with Gasteiger partial charge in [-0.2, -0.15) is 0 Å². The highest BCUT2D eigenvalue weighted by Crippen LogP contribution is 2.23.